The summed E-state index contributed by atoms with van der Waals surface area (Å²) in [5.41, 5.74) is 2.04. The van der Waals surface area contributed by atoms with Crippen LogP contribution in [0.2, 0.25) is 5.02 Å². The maximum atomic E-state index is 12.1. The van der Waals surface area contributed by atoms with Gasteiger partial charge in [-0.3, -0.25) is 0 Å². The van der Waals surface area contributed by atoms with Crippen LogP contribution in [0.5, 0.6) is 5.75 Å². The van der Waals surface area contributed by atoms with Gasteiger partial charge in [-0.2, -0.15) is 0 Å². The molecule has 1 saturated heterocycles. The van der Waals surface area contributed by atoms with E-state index in [1.807, 2.05) is 27.7 Å². The molecular weight excluding hydrogens is 330 g/mol. The zero-order chi connectivity index (χ0) is 18.2. The monoisotopic (exact) mass is 355 g/mol. The number of amides is 1. The van der Waals surface area contributed by atoms with E-state index in [0.29, 0.717) is 29.4 Å². The first-order chi connectivity index (χ1) is 11.0. The Morgan fingerprint density at radius 3 is 2.46 bits per heavy atom. The summed E-state index contributed by atoms with van der Waals surface area (Å²) >= 11 is 6.33. The van der Waals surface area contributed by atoms with Gasteiger partial charge in [0.25, 0.3) is 0 Å². The first-order valence-corrected chi connectivity index (χ1v) is 8.45. The molecule has 0 aromatic heterocycles. The number of hydrogen-bond donors (Lipinski definition) is 1. The van der Waals surface area contributed by atoms with Gasteiger partial charge in [0, 0.05) is 35.2 Å². The van der Waals surface area contributed by atoms with Crippen molar-refractivity contribution in [2.24, 2.45) is 0 Å². The molecule has 1 aromatic rings. The summed E-state index contributed by atoms with van der Waals surface area (Å²) in [6, 6.07) is 1.74. The molecule has 0 aliphatic carbocycles. The predicted octanol–water partition coefficient (Wildman–Crippen LogP) is 4.04. The van der Waals surface area contributed by atoms with Crippen molar-refractivity contribution in [1.82, 2.24) is 4.90 Å². The molecule has 1 aliphatic heterocycles. The van der Waals surface area contributed by atoms with E-state index in [0.717, 1.165) is 11.1 Å². The molecule has 24 heavy (non-hydrogen) atoms. The molecule has 0 radical (unpaired) electrons. The van der Waals surface area contributed by atoms with Gasteiger partial charge in [-0.25, -0.2) is 4.79 Å². The number of benzene rings is 1. The molecule has 1 atom stereocenters. The number of ether oxygens (including phenoxy) is 2. The summed E-state index contributed by atoms with van der Waals surface area (Å²) in [7, 11) is 1.59. The van der Waals surface area contributed by atoms with Crippen LogP contribution in [0, 0.1) is 6.92 Å². The van der Waals surface area contributed by atoms with Crippen molar-refractivity contribution in [1.29, 1.82) is 0 Å². The summed E-state index contributed by atoms with van der Waals surface area (Å²) in [6.07, 6.45) is -0.994. The van der Waals surface area contributed by atoms with Gasteiger partial charge in [0.2, 0.25) is 0 Å². The van der Waals surface area contributed by atoms with Gasteiger partial charge in [-0.15, -0.1) is 0 Å². The fourth-order valence-corrected chi connectivity index (χ4v) is 3.15. The van der Waals surface area contributed by atoms with Gasteiger partial charge in [0.1, 0.15) is 11.4 Å². The topological polar surface area (TPSA) is 59.0 Å². The molecule has 1 heterocycles. The minimum absolute atomic E-state index is 0.115. The lowest BCUT2D eigenvalue weighted by Gasteiger charge is -2.41. The number of hydrogen-bond acceptors (Lipinski definition) is 4. The average molecular weight is 356 g/mol. The Morgan fingerprint density at radius 1 is 1.42 bits per heavy atom. The van der Waals surface area contributed by atoms with E-state index in [-0.39, 0.29) is 12.0 Å². The van der Waals surface area contributed by atoms with Crippen LogP contribution >= 0.6 is 11.6 Å². The quantitative estimate of drug-likeness (QED) is 0.888. The third kappa shape index (κ3) is 3.78. The summed E-state index contributed by atoms with van der Waals surface area (Å²) in [4.78, 5) is 13.8. The van der Waals surface area contributed by atoms with Crippen LogP contribution in [0.4, 0.5) is 4.79 Å². The summed E-state index contributed by atoms with van der Waals surface area (Å²) in [5, 5.41) is 10.6. The van der Waals surface area contributed by atoms with Crippen LogP contribution in [0.15, 0.2) is 6.07 Å². The lowest BCUT2D eigenvalue weighted by atomic mass is 9.85. The second-order valence-electron chi connectivity index (χ2n) is 7.28. The van der Waals surface area contributed by atoms with Crippen molar-refractivity contribution in [3.63, 3.8) is 0 Å². The van der Waals surface area contributed by atoms with Crippen molar-refractivity contribution >= 4 is 17.7 Å². The van der Waals surface area contributed by atoms with Crippen molar-refractivity contribution < 1.29 is 19.4 Å². The lowest BCUT2D eigenvalue weighted by Crippen LogP contribution is -2.50. The number of aliphatic hydroxyl groups is 1. The summed E-state index contributed by atoms with van der Waals surface area (Å²) in [6.45, 7) is 10.3. The van der Waals surface area contributed by atoms with Crippen LogP contribution in [0.1, 0.15) is 56.4 Å². The second kappa shape index (κ2) is 6.81. The maximum absolute atomic E-state index is 12.1. The first-order valence-electron chi connectivity index (χ1n) is 8.08. The van der Waals surface area contributed by atoms with Crippen LogP contribution in [0.25, 0.3) is 0 Å². The molecule has 2 rings (SSSR count). The Bertz CT molecular complexity index is 631. The molecule has 1 aliphatic rings. The third-order valence-electron chi connectivity index (χ3n) is 4.15. The fourth-order valence-electron chi connectivity index (χ4n) is 2.93. The summed E-state index contributed by atoms with van der Waals surface area (Å²) in [5.74, 6) is 0.768. The molecule has 1 aromatic carbocycles. The Kier molecular flexibility index (Phi) is 5.35. The number of halogens is 1. The number of methoxy groups -OCH3 is 1. The van der Waals surface area contributed by atoms with E-state index in [1.54, 1.807) is 25.0 Å². The highest BCUT2D eigenvalue weighted by Crippen LogP contribution is 2.43. The van der Waals surface area contributed by atoms with Gasteiger partial charge in [0.05, 0.1) is 13.2 Å². The summed E-state index contributed by atoms with van der Waals surface area (Å²) < 4.78 is 10.9. The number of nitrogens with zero attached hydrogens (tertiary/aromatic N) is 1. The van der Waals surface area contributed by atoms with Crippen molar-refractivity contribution in [2.45, 2.75) is 52.2 Å². The van der Waals surface area contributed by atoms with Gasteiger partial charge in [-0.1, -0.05) is 11.6 Å². The Morgan fingerprint density at radius 2 is 2.00 bits per heavy atom. The Hall–Kier alpha value is -1.46. The van der Waals surface area contributed by atoms with E-state index in [1.165, 1.54) is 0 Å². The smallest absolute Gasteiger partial charge is 0.410 e. The minimum Gasteiger partial charge on any atom is -0.496 e. The molecule has 0 spiro atoms. The highest BCUT2D eigenvalue weighted by molar-refractivity contribution is 6.31. The highest BCUT2D eigenvalue weighted by Gasteiger charge is 2.38. The molecule has 0 bridgehead atoms. The van der Waals surface area contributed by atoms with Crippen molar-refractivity contribution in [3.05, 3.63) is 27.8 Å². The fraction of sp³-hybridized carbons (Fsp3) is 0.611. The van der Waals surface area contributed by atoms with Gasteiger partial charge < -0.3 is 19.5 Å². The Balaban J connectivity index is 2.24. The van der Waals surface area contributed by atoms with Gasteiger partial charge in [0.15, 0.2) is 0 Å². The van der Waals surface area contributed by atoms with Crippen LogP contribution in [-0.4, -0.2) is 41.9 Å². The Labute approximate surface area is 148 Å². The van der Waals surface area contributed by atoms with E-state index < -0.39 is 11.7 Å². The number of rotatable bonds is 3. The van der Waals surface area contributed by atoms with Gasteiger partial charge in [-0.05, 0) is 46.2 Å². The van der Waals surface area contributed by atoms with Crippen LogP contribution in [0.3, 0.4) is 0 Å². The van der Waals surface area contributed by atoms with Crippen molar-refractivity contribution in [2.75, 3.05) is 20.2 Å². The second-order valence-corrected chi connectivity index (χ2v) is 7.68. The molecule has 1 fully saturated rings. The first kappa shape index (κ1) is 18.9. The molecule has 1 amide bonds. The van der Waals surface area contributed by atoms with Crippen LogP contribution < -0.4 is 4.74 Å². The maximum Gasteiger partial charge on any atom is 0.410 e. The van der Waals surface area contributed by atoms with E-state index in [4.69, 9.17) is 21.1 Å². The largest absolute Gasteiger partial charge is 0.496 e. The highest BCUT2D eigenvalue weighted by atomic mass is 35.5. The molecule has 134 valence electrons. The number of carbonyl (C=O) groups excluding carboxylic acids is 1. The zero-order valence-corrected chi connectivity index (χ0v) is 15.9. The van der Waals surface area contributed by atoms with E-state index in [9.17, 15) is 9.90 Å². The molecular formula is C18H26ClNO4. The standard InChI is InChI=1S/C18H26ClNO4/c1-10-14(19)7-13(11(2)21)16(23-6)15(10)12-8-20(9-12)17(22)24-18(3,4)5/h7,11-12,21H,8-9H2,1-6H3. The minimum atomic E-state index is -0.682. The van der Waals surface area contributed by atoms with E-state index >= 15 is 0 Å². The number of carbonyl (C=O) groups is 1. The normalized spacial score (nSPS) is 16.6. The molecule has 1 N–H and O–H groups in total. The molecule has 1 unspecified atom stereocenters. The van der Waals surface area contributed by atoms with Crippen molar-refractivity contribution in [3.8, 4) is 5.75 Å². The predicted molar refractivity (Wildman–Crippen MR) is 93.9 cm³/mol. The molecule has 5 nitrogen and oxygen atoms in total. The number of aliphatic hydroxyl groups excluding tert-OH is 1. The zero-order valence-electron chi connectivity index (χ0n) is 15.1. The van der Waals surface area contributed by atoms with E-state index in [2.05, 4.69) is 0 Å². The van der Waals surface area contributed by atoms with Gasteiger partial charge >= 0.3 is 6.09 Å². The molecule has 0 saturated carbocycles. The van der Waals surface area contributed by atoms with Crippen LogP contribution in [-0.2, 0) is 4.74 Å². The number of likely N-dealkylation sites (tertiary alicyclic amines) is 1. The SMILES string of the molecule is COc1c(C(C)O)cc(Cl)c(C)c1C1CN(C(=O)OC(C)(C)C)C1. The average Bonchev–Trinajstić information content (AvgIpc) is 2.39. The molecule has 6 heteroatoms. The lowest BCUT2D eigenvalue weighted by molar-refractivity contribution is 0.00790. The third-order valence-corrected chi connectivity index (χ3v) is 4.54.